The summed E-state index contributed by atoms with van der Waals surface area (Å²) in [4.78, 5) is 65.5. The van der Waals surface area contributed by atoms with Crippen molar-refractivity contribution in [3.8, 4) is 0 Å². The molecule has 0 aromatic carbocycles. The molecule has 0 fully saturated rings. The minimum Gasteiger partial charge on any atom is -0.481 e. The van der Waals surface area contributed by atoms with E-state index in [2.05, 4.69) is 33.2 Å². The average Bonchev–Trinajstić information content (AvgIpc) is 3.22. The van der Waals surface area contributed by atoms with Gasteiger partial charge >= 0.3 is 11.9 Å². The monoisotopic (exact) mass is 460 g/mol. The number of imidazole rings is 1. The van der Waals surface area contributed by atoms with Gasteiger partial charge in [0.25, 0.3) is 0 Å². The molecule has 1 aromatic rings. The number of carbonyl (C=O) groups excluding carboxylic acids is 3. The topological polar surface area (TPSA) is 237 Å². The van der Waals surface area contributed by atoms with E-state index < -0.39 is 66.9 Å². The standard InChI is InChI=1S/C16H24N6O8S/c17-8(4-23)13(26)20-9(1-7-3-18-6-19-7)14(27)22-11(5-31)15(28)21-10(16(29)30)2-12(24)25/h3,6,8-11,23,31H,1-2,4-5,17H2,(H,18,19)(H,20,26)(H,21,28)(H,22,27)(H,24,25)(H,29,30). The van der Waals surface area contributed by atoms with Gasteiger partial charge in [0.1, 0.15) is 24.2 Å². The number of nitrogens with zero attached hydrogens (tertiary/aromatic N) is 1. The van der Waals surface area contributed by atoms with Crippen molar-refractivity contribution in [3.05, 3.63) is 18.2 Å². The van der Waals surface area contributed by atoms with E-state index in [0.717, 1.165) is 0 Å². The molecule has 0 aliphatic heterocycles. The molecule has 0 aliphatic rings. The Morgan fingerprint density at radius 3 is 2.10 bits per heavy atom. The van der Waals surface area contributed by atoms with Gasteiger partial charge in [0.05, 0.1) is 19.4 Å². The Labute approximate surface area is 181 Å². The van der Waals surface area contributed by atoms with Gasteiger partial charge in [0.15, 0.2) is 0 Å². The van der Waals surface area contributed by atoms with Crippen molar-refractivity contribution < 1.29 is 39.3 Å². The lowest BCUT2D eigenvalue weighted by molar-refractivity contribution is -0.147. The van der Waals surface area contributed by atoms with Crippen LogP contribution in [0.4, 0.5) is 0 Å². The van der Waals surface area contributed by atoms with Crippen LogP contribution in [0.1, 0.15) is 12.1 Å². The first-order valence-electron chi connectivity index (χ1n) is 8.89. The molecular weight excluding hydrogens is 436 g/mol. The summed E-state index contributed by atoms with van der Waals surface area (Å²) in [6.45, 7) is -0.661. The summed E-state index contributed by atoms with van der Waals surface area (Å²) in [5, 5.41) is 33.5. The Kier molecular flexibility index (Phi) is 10.4. The third kappa shape index (κ3) is 8.61. The van der Waals surface area contributed by atoms with E-state index in [9.17, 15) is 24.0 Å². The van der Waals surface area contributed by atoms with Crippen LogP contribution < -0.4 is 21.7 Å². The number of aromatic nitrogens is 2. The van der Waals surface area contributed by atoms with E-state index in [1.165, 1.54) is 12.5 Å². The molecule has 0 spiro atoms. The van der Waals surface area contributed by atoms with E-state index in [0.29, 0.717) is 5.69 Å². The van der Waals surface area contributed by atoms with Gasteiger partial charge in [-0.2, -0.15) is 12.6 Å². The third-order valence-electron chi connectivity index (χ3n) is 3.95. The van der Waals surface area contributed by atoms with Crippen LogP contribution in [0.15, 0.2) is 12.5 Å². The van der Waals surface area contributed by atoms with Crippen molar-refractivity contribution in [1.29, 1.82) is 0 Å². The summed E-state index contributed by atoms with van der Waals surface area (Å²) in [6.07, 6.45) is 1.83. The van der Waals surface area contributed by atoms with E-state index in [1.54, 1.807) is 0 Å². The zero-order chi connectivity index (χ0) is 23.6. The lowest BCUT2D eigenvalue weighted by atomic mass is 10.1. The quantitative estimate of drug-likeness (QED) is 0.130. The zero-order valence-corrected chi connectivity index (χ0v) is 17.0. The normalized spacial score (nSPS) is 14.5. The van der Waals surface area contributed by atoms with Crippen LogP contribution in [-0.4, -0.2) is 91.5 Å². The Hall–Kier alpha value is -3.17. The predicted molar refractivity (Wildman–Crippen MR) is 107 cm³/mol. The summed E-state index contributed by atoms with van der Waals surface area (Å²) in [5.74, 6) is -5.88. The number of carboxylic acids is 2. The molecule has 0 radical (unpaired) electrons. The molecule has 0 bridgehead atoms. The molecule has 0 saturated carbocycles. The van der Waals surface area contributed by atoms with Gasteiger partial charge < -0.3 is 42.0 Å². The van der Waals surface area contributed by atoms with Gasteiger partial charge in [0.2, 0.25) is 17.7 Å². The number of carbonyl (C=O) groups is 5. The number of hydrogen-bond donors (Lipinski definition) is 9. The van der Waals surface area contributed by atoms with Crippen LogP contribution in [0.25, 0.3) is 0 Å². The fourth-order valence-corrected chi connectivity index (χ4v) is 2.56. The second-order valence-corrected chi connectivity index (χ2v) is 6.74. The highest BCUT2D eigenvalue weighted by molar-refractivity contribution is 7.80. The Morgan fingerprint density at radius 1 is 1.03 bits per heavy atom. The molecule has 31 heavy (non-hydrogen) atoms. The maximum absolute atomic E-state index is 12.7. The smallest absolute Gasteiger partial charge is 0.326 e. The van der Waals surface area contributed by atoms with Crippen LogP contribution in [0, 0.1) is 0 Å². The molecule has 1 rings (SSSR count). The fraction of sp³-hybridized carbons (Fsp3) is 0.500. The molecule has 15 heteroatoms. The van der Waals surface area contributed by atoms with Gasteiger partial charge in [-0.25, -0.2) is 9.78 Å². The van der Waals surface area contributed by atoms with Crippen molar-refractivity contribution >= 4 is 42.3 Å². The summed E-state index contributed by atoms with van der Waals surface area (Å²) >= 11 is 3.95. The van der Waals surface area contributed by atoms with E-state index in [1.807, 2.05) is 5.32 Å². The minimum atomic E-state index is -1.72. The molecule has 0 saturated heterocycles. The summed E-state index contributed by atoms with van der Waals surface area (Å²) in [6, 6.07) is -5.56. The molecule has 3 amide bonds. The summed E-state index contributed by atoms with van der Waals surface area (Å²) in [5.41, 5.74) is 5.91. The number of nitrogens with one attached hydrogen (secondary N) is 4. The number of rotatable bonds is 13. The van der Waals surface area contributed by atoms with Crippen molar-refractivity contribution in [2.45, 2.75) is 37.0 Å². The molecular formula is C16H24N6O8S. The van der Waals surface area contributed by atoms with Gasteiger partial charge in [-0.1, -0.05) is 0 Å². The summed E-state index contributed by atoms with van der Waals surface area (Å²) in [7, 11) is 0. The van der Waals surface area contributed by atoms with Crippen LogP contribution in [-0.2, 0) is 30.4 Å². The number of thiol groups is 1. The highest BCUT2D eigenvalue weighted by Gasteiger charge is 2.30. The average molecular weight is 460 g/mol. The highest BCUT2D eigenvalue weighted by atomic mass is 32.1. The second-order valence-electron chi connectivity index (χ2n) is 6.37. The van der Waals surface area contributed by atoms with E-state index >= 15 is 0 Å². The number of aliphatic hydroxyl groups excluding tert-OH is 1. The number of H-pyrrole nitrogens is 1. The van der Waals surface area contributed by atoms with Crippen molar-refractivity contribution in [1.82, 2.24) is 25.9 Å². The number of aliphatic hydroxyl groups is 1. The molecule has 1 heterocycles. The Bertz CT molecular complexity index is 789. The van der Waals surface area contributed by atoms with Gasteiger partial charge in [-0.15, -0.1) is 0 Å². The third-order valence-corrected chi connectivity index (χ3v) is 4.32. The highest BCUT2D eigenvalue weighted by Crippen LogP contribution is 2.02. The fourth-order valence-electron chi connectivity index (χ4n) is 2.30. The van der Waals surface area contributed by atoms with Crippen LogP contribution in [0.2, 0.25) is 0 Å². The maximum atomic E-state index is 12.7. The lowest BCUT2D eigenvalue weighted by Gasteiger charge is -2.23. The van der Waals surface area contributed by atoms with Crippen LogP contribution in [0.3, 0.4) is 0 Å². The second kappa shape index (κ2) is 12.5. The van der Waals surface area contributed by atoms with Crippen LogP contribution in [0.5, 0.6) is 0 Å². The van der Waals surface area contributed by atoms with Crippen molar-refractivity contribution in [2.75, 3.05) is 12.4 Å². The molecule has 4 unspecified atom stereocenters. The molecule has 1 aromatic heterocycles. The SMILES string of the molecule is NC(CO)C(=O)NC(Cc1cnc[nH]1)C(=O)NC(CS)C(=O)NC(CC(=O)O)C(=O)O. The van der Waals surface area contributed by atoms with Gasteiger partial charge in [-0.05, 0) is 0 Å². The predicted octanol–water partition coefficient (Wildman–Crippen LogP) is -3.78. The Balaban J connectivity index is 2.91. The van der Waals surface area contributed by atoms with Gasteiger partial charge in [0, 0.05) is 24.1 Å². The number of carboxylic acid groups (broad SMARTS) is 2. The molecule has 0 aliphatic carbocycles. The number of aromatic amines is 1. The Morgan fingerprint density at radius 2 is 1.61 bits per heavy atom. The zero-order valence-electron chi connectivity index (χ0n) is 16.1. The maximum Gasteiger partial charge on any atom is 0.326 e. The molecule has 9 N–H and O–H groups in total. The van der Waals surface area contributed by atoms with Crippen molar-refractivity contribution in [2.24, 2.45) is 5.73 Å². The number of hydrogen-bond acceptors (Lipinski definition) is 9. The number of amides is 3. The first kappa shape index (κ1) is 25.9. The van der Waals surface area contributed by atoms with E-state index in [-0.39, 0.29) is 12.2 Å². The number of aliphatic carboxylic acids is 2. The first-order valence-corrected chi connectivity index (χ1v) is 9.52. The molecule has 4 atom stereocenters. The first-order chi connectivity index (χ1) is 14.6. The van der Waals surface area contributed by atoms with E-state index in [4.69, 9.17) is 21.1 Å². The molecule has 14 nitrogen and oxygen atoms in total. The largest absolute Gasteiger partial charge is 0.481 e. The minimum absolute atomic E-state index is 0.0621. The molecule has 172 valence electrons. The number of nitrogens with two attached hydrogens (primary N) is 1. The van der Waals surface area contributed by atoms with Gasteiger partial charge in [-0.3, -0.25) is 19.2 Å². The summed E-state index contributed by atoms with van der Waals surface area (Å²) < 4.78 is 0. The lowest BCUT2D eigenvalue weighted by Crippen LogP contribution is -2.58. The van der Waals surface area contributed by atoms with Crippen molar-refractivity contribution in [3.63, 3.8) is 0 Å². The van der Waals surface area contributed by atoms with Crippen LogP contribution >= 0.6 is 12.6 Å².